The van der Waals surface area contributed by atoms with E-state index in [1.165, 1.54) is 0 Å². The molecular weight excluding hydrogens is 412 g/mol. The molecule has 0 spiro atoms. The third-order valence-electron chi connectivity index (χ3n) is 5.00. The Morgan fingerprint density at radius 2 is 1.78 bits per heavy atom. The van der Waals surface area contributed by atoms with Crippen LogP contribution in [0.4, 0.5) is 0 Å². The normalized spacial score (nSPS) is 14.3. The van der Waals surface area contributed by atoms with Crippen LogP contribution >= 0.6 is 0 Å². The standard InChI is InChI=1S/C24H22N2O6/c1-14-19(15(2)32-26-14)13-30-21-10-5-16(12-22(21)29-4)11-20-24(27)31-23(25-20)17-6-8-18(28-3)9-7-17/h5-12H,13H2,1-4H3/b20-11-. The second-order valence-corrected chi connectivity index (χ2v) is 7.07. The summed E-state index contributed by atoms with van der Waals surface area (Å²) in [5.74, 6) is 2.23. The minimum atomic E-state index is -0.520. The first kappa shape index (κ1) is 21.2. The molecule has 3 aromatic rings. The SMILES string of the molecule is COc1ccc(C2=N/C(=C\c3ccc(OCc4c(C)noc4C)c(OC)c3)C(=O)O2)cc1. The van der Waals surface area contributed by atoms with Gasteiger partial charge in [0, 0.05) is 5.56 Å². The number of carbonyl (C=O) groups excluding carboxylic acids is 1. The van der Waals surface area contributed by atoms with Gasteiger partial charge in [-0.3, -0.25) is 0 Å². The minimum Gasteiger partial charge on any atom is -0.497 e. The van der Waals surface area contributed by atoms with Gasteiger partial charge in [0.05, 0.1) is 25.5 Å². The zero-order valence-electron chi connectivity index (χ0n) is 18.2. The molecule has 0 atom stereocenters. The van der Waals surface area contributed by atoms with Gasteiger partial charge in [0.15, 0.2) is 17.2 Å². The number of cyclic esters (lactones) is 1. The molecule has 0 unspecified atom stereocenters. The topological polar surface area (TPSA) is 92.4 Å². The number of methoxy groups -OCH3 is 2. The number of aromatic nitrogens is 1. The Morgan fingerprint density at radius 1 is 1.00 bits per heavy atom. The van der Waals surface area contributed by atoms with Gasteiger partial charge in [-0.25, -0.2) is 9.79 Å². The first-order valence-corrected chi connectivity index (χ1v) is 9.88. The second-order valence-electron chi connectivity index (χ2n) is 7.07. The average molecular weight is 434 g/mol. The van der Waals surface area contributed by atoms with E-state index < -0.39 is 5.97 Å². The number of aliphatic imine (C=N–C) groups is 1. The number of aryl methyl sites for hydroxylation is 2. The van der Waals surface area contributed by atoms with Gasteiger partial charge in [0.25, 0.3) is 0 Å². The van der Waals surface area contributed by atoms with Crippen molar-refractivity contribution >= 4 is 17.9 Å². The van der Waals surface area contributed by atoms with Crippen molar-refractivity contribution in [3.05, 3.63) is 76.3 Å². The highest BCUT2D eigenvalue weighted by atomic mass is 16.6. The fraction of sp³-hybridized carbons (Fsp3) is 0.208. The summed E-state index contributed by atoms with van der Waals surface area (Å²) in [6.07, 6.45) is 1.64. The van der Waals surface area contributed by atoms with Gasteiger partial charge >= 0.3 is 5.97 Å². The first-order valence-electron chi connectivity index (χ1n) is 9.88. The number of rotatable bonds is 7. The molecule has 8 heteroatoms. The third kappa shape index (κ3) is 4.34. The van der Waals surface area contributed by atoms with Crippen LogP contribution in [-0.2, 0) is 16.1 Å². The van der Waals surface area contributed by atoms with Crippen LogP contribution in [-0.4, -0.2) is 31.2 Å². The summed E-state index contributed by atoms with van der Waals surface area (Å²) in [4.78, 5) is 16.6. The third-order valence-corrected chi connectivity index (χ3v) is 5.00. The van der Waals surface area contributed by atoms with Crippen molar-refractivity contribution in [2.24, 2.45) is 4.99 Å². The molecule has 8 nitrogen and oxygen atoms in total. The van der Waals surface area contributed by atoms with Crippen molar-refractivity contribution in [1.29, 1.82) is 0 Å². The molecule has 0 aliphatic carbocycles. The molecule has 0 saturated carbocycles. The van der Waals surface area contributed by atoms with E-state index in [4.69, 9.17) is 23.5 Å². The Balaban J connectivity index is 1.54. The van der Waals surface area contributed by atoms with E-state index in [0.717, 1.165) is 16.8 Å². The molecule has 1 aliphatic heterocycles. The quantitative estimate of drug-likeness (QED) is 0.406. The van der Waals surface area contributed by atoms with Crippen LogP contribution < -0.4 is 14.2 Å². The van der Waals surface area contributed by atoms with E-state index >= 15 is 0 Å². The molecule has 4 rings (SSSR count). The van der Waals surface area contributed by atoms with Crippen molar-refractivity contribution in [2.75, 3.05) is 14.2 Å². The number of esters is 1. The molecule has 0 radical (unpaired) electrons. The molecule has 0 fully saturated rings. The monoisotopic (exact) mass is 434 g/mol. The van der Waals surface area contributed by atoms with Gasteiger partial charge in [-0.2, -0.15) is 0 Å². The summed E-state index contributed by atoms with van der Waals surface area (Å²) in [5.41, 5.74) is 3.28. The molecule has 1 aliphatic rings. The van der Waals surface area contributed by atoms with Crippen LogP contribution in [0.5, 0.6) is 17.2 Å². The maximum Gasteiger partial charge on any atom is 0.363 e. The molecular formula is C24H22N2O6. The lowest BCUT2D eigenvalue weighted by atomic mass is 10.1. The van der Waals surface area contributed by atoms with E-state index in [2.05, 4.69) is 10.1 Å². The highest BCUT2D eigenvalue weighted by Gasteiger charge is 2.24. The van der Waals surface area contributed by atoms with Gasteiger partial charge in [0.1, 0.15) is 18.1 Å². The van der Waals surface area contributed by atoms with Crippen LogP contribution in [0.25, 0.3) is 6.08 Å². The largest absolute Gasteiger partial charge is 0.497 e. The summed E-state index contributed by atoms with van der Waals surface area (Å²) in [6, 6.07) is 12.5. The summed E-state index contributed by atoms with van der Waals surface area (Å²) in [7, 11) is 3.14. The van der Waals surface area contributed by atoms with Gasteiger partial charge in [0.2, 0.25) is 5.90 Å². The number of carbonyl (C=O) groups is 1. The van der Waals surface area contributed by atoms with Gasteiger partial charge in [-0.15, -0.1) is 0 Å². The van der Waals surface area contributed by atoms with Crippen molar-refractivity contribution in [3.8, 4) is 17.2 Å². The van der Waals surface area contributed by atoms with Crippen molar-refractivity contribution in [3.63, 3.8) is 0 Å². The zero-order chi connectivity index (χ0) is 22.7. The van der Waals surface area contributed by atoms with Crippen molar-refractivity contribution in [1.82, 2.24) is 5.16 Å². The predicted molar refractivity (Wildman–Crippen MR) is 117 cm³/mol. The van der Waals surface area contributed by atoms with Crippen LogP contribution in [0.1, 0.15) is 28.1 Å². The number of hydrogen-bond donors (Lipinski definition) is 0. The van der Waals surface area contributed by atoms with Gasteiger partial charge in [-0.05, 0) is 61.9 Å². The summed E-state index contributed by atoms with van der Waals surface area (Å²) < 4.78 is 27.0. The lowest BCUT2D eigenvalue weighted by molar-refractivity contribution is -0.129. The number of benzene rings is 2. The molecule has 0 saturated heterocycles. The zero-order valence-corrected chi connectivity index (χ0v) is 18.2. The van der Waals surface area contributed by atoms with E-state index in [-0.39, 0.29) is 11.6 Å². The number of ether oxygens (including phenoxy) is 4. The lowest BCUT2D eigenvalue weighted by Crippen LogP contribution is -2.05. The highest BCUT2D eigenvalue weighted by Crippen LogP contribution is 2.31. The van der Waals surface area contributed by atoms with Crippen LogP contribution in [0.2, 0.25) is 0 Å². The Bertz CT molecular complexity index is 1190. The average Bonchev–Trinajstić information content (AvgIpc) is 3.34. The molecule has 0 amide bonds. The van der Waals surface area contributed by atoms with E-state index in [9.17, 15) is 4.79 Å². The van der Waals surface area contributed by atoms with E-state index in [1.807, 2.05) is 19.9 Å². The molecule has 0 bridgehead atoms. The summed E-state index contributed by atoms with van der Waals surface area (Å²) in [6.45, 7) is 4.01. The highest BCUT2D eigenvalue weighted by molar-refractivity contribution is 6.12. The molecule has 32 heavy (non-hydrogen) atoms. The Kier molecular flexibility index (Phi) is 5.93. The summed E-state index contributed by atoms with van der Waals surface area (Å²) in [5, 5.41) is 3.93. The van der Waals surface area contributed by atoms with E-state index in [1.54, 1.807) is 56.7 Å². The summed E-state index contributed by atoms with van der Waals surface area (Å²) >= 11 is 0. The maximum absolute atomic E-state index is 12.3. The molecule has 2 heterocycles. The van der Waals surface area contributed by atoms with Crippen LogP contribution in [0.15, 0.2) is 57.7 Å². The Morgan fingerprint density at radius 3 is 2.44 bits per heavy atom. The fourth-order valence-corrected chi connectivity index (χ4v) is 3.18. The Labute approximate surface area is 185 Å². The van der Waals surface area contributed by atoms with Crippen molar-refractivity contribution < 1.29 is 28.3 Å². The van der Waals surface area contributed by atoms with Crippen molar-refractivity contribution in [2.45, 2.75) is 20.5 Å². The smallest absolute Gasteiger partial charge is 0.363 e. The minimum absolute atomic E-state index is 0.197. The molecule has 0 N–H and O–H groups in total. The van der Waals surface area contributed by atoms with Crippen LogP contribution in [0, 0.1) is 13.8 Å². The fourth-order valence-electron chi connectivity index (χ4n) is 3.18. The number of hydrogen-bond acceptors (Lipinski definition) is 8. The molecule has 2 aromatic carbocycles. The van der Waals surface area contributed by atoms with Gasteiger partial charge in [-0.1, -0.05) is 11.2 Å². The first-order chi connectivity index (χ1) is 15.5. The Hall–Kier alpha value is -4.07. The van der Waals surface area contributed by atoms with Crippen LogP contribution in [0.3, 0.4) is 0 Å². The predicted octanol–water partition coefficient (Wildman–Crippen LogP) is 4.23. The second kappa shape index (κ2) is 8.97. The van der Waals surface area contributed by atoms with Gasteiger partial charge < -0.3 is 23.5 Å². The molecule has 1 aromatic heterocycles. The molecule has 164 valence electrons. The van der Waals surface area contributed by atoms with E-state index in [0.29, 0.717) is 35.2 Å². The maximum atomic E-state index is 12.3. The number of nitrogens with zero attached hydrogens (tertiary/aromatic N) is 2. The lowest BCUT2D eigenvalue weighted by Gasteiger charge is -2.11.